The van der Waals surface area contributed by atoms with Gasteiger partial charge in [0.25, 0.3) is 5.91 Å². The molecule has 0 spiro atoms. The van der Waals surface area contributed by atoms with Crippen molar-refractivity contribution >= 4 is 59.0 Å². The third-order valence-corrected chi connectivity index (χ3v) is 4.43. The van der Waals surface area contributed by atoms with Crippen LogP contribution < -0.4 is 16.0 Å². The SMILES string of the molecule is CN=C(NCCCOCc1ccco1)NCCNC(=O)c1ccc(Cl)c(Cl)c1.I. The van der Waals surface area contributed by atoms with E-state index in [0.29, 0.717) is 54.4 Å². The Morgan fingerprint density at radius 1 is 1.10 bits per heavy atom. The lowest BCUT2D eigenvalue weighted by atomic mass is 10.2. The van der Waals surface area contributed by atoms with E-state index in [1.54, 1.807) is 31.5 Å². The zero-order valence-corrected chi connectivity index (χ0v) is 19.9. The van der Waals surface area contributed by atoms with E-state index in [2.05, 4.69) is 20.9 Å². The van der Waals surface area contributed by atoms with Gasteiger partial charge in [0.1, 0.15) is 12.4 Å². The van der Waals surface area contributed by atoms with Gasteiger partial charge in [0.15, 0.2) is 5.96 Å². The number of nitrogens with one attached hydrogen (secondary N) is 3. The first-order valence-corrected chi connectivity index (χ1v) is 9.63. The molecule has 0 atom stereocenters. The fourth-order valence-corrected chi connectivity index (χ4v) is 2.56. The molecule has 0 fully saturated rings. The number of rotatable bonds is 10. The topological polar surface area (TPSA) is 87.9 Å². The minimum Gasteiger partial charge on any atom is -0.467 e. The van der Waals surface area contributed by atoms with Crippen LogP contribution in [0.3, 0.4) is 0 Å². The molecule has 2 aromatic rings. The molecule has 0 unspecified atom stereocenters. The van der Waals surface area contributed by atoms with Crippen LogP contribution in [-0.4, -0.2) is 45.2 Å². The second kappa shape index (κ2) is 14.5. The molecule has 0 saturated heterocycles. The van der Waals surface area contributed by atoms with Crippen LogP contribution in [0.4, 0.5) is 0 Å². The van der Waals surface area contributed by atoms with Gasteiger partial charge in [0.05, 0.1) is 16.3 Å². The van der Waals surface area contributed by atoms with Crippen molar-refractivity contribution in [2.75, 3.05) is 33.3 Å². The number of ether oxygens (including phenoxy) is 1. The van der Waals surface area contributed by atoms with Gasteiger partial charge in [-0.05, 0) is 36.8 Å². The molecule has 2 rings (SSSR count). The first-order valence-electron chi connectivity index (χ1n) is 8.88. The normalized spacial score (nSPS) is 10.9. The number of carbonyl (C=O) groups excluding carboxylic acids is 1. The molecule has 1 heterocycles. The van der Waals surface area contributed by atoms with Gasteiger partial charge < -0.3 is 25.1 Å². The summed E-state index contributed by atoms with van der Waals surface area (Å²) in [6, 6.07) is 8.49. The highest BCUT2D eigenvalue weighted by molar-refractivity contribution is 14.0. The first-order chi connectivity index (χ1) is 13.6. The minimum absolute atomic E-state index is 0. The Kier molecular flexibility index (Phi) is 12.8. The van der Waals surface area contributed by atoms with Crippen molar-refractivity contribution in [2.24, 2.45) is 4.99 Å². The lowest BCUT2D eigenvalue weighted by molar-refractivity contribution is 0.0954. The minimum atomic E-state index is -0.211. The van der Waals surface area contributed by atoms with Crippen LogP contribution in [0.25, 0.3) is 0 Å². The Hall–Kier alpha value is -1.49. The van der Waals surface area contributed by atoms with E-state index >= 15 is 0 Å². The Morgan fingerprint density at radius 3 is 2.55 bits per heavy atom. The summed E-state index contributed by atoms with van der Waals surface area (Å²) in [7, 11) is 1.69. The summed E-state index contributed by atoms with van der Waals surface area (Å²) in [5.41, 5.74) is 0.464. The highest BCUT2D eigenvalue weighted by Crippen LogP contribution is 2.22. The maximum atomic E-state index is 12.1. The van der Waals surface area contributed by atoms with Crippen molar-refractivity contribution in [3.8, 4) is 0 Å². The fraction of sp³-hybridized carbons (Fsp3) is 0.368. The first kappa shape index (κ1) is 25.5. The molecule has 7 nitrogen and oxygen atoms in total. The Balaban J connectivity index is 0.00000420. The van der Waals surface area contributed by atoms with Crippen LogP contribution in [0.5, 0.6) is 0 Å². The number of guanidine groups is 1. The number of amides is 1. The third kappa shape index (κ3) is 9.70. The van der Waals surface area contributed by atoms with E-state index in [4.69, 9.17) is 32.4 Å². The number of nitrogens with zero attached hydrogens (tertiary/aromatic N) is 1. The van der Waals surface area contributed by atoms with E-state index in [9.17, 15) is 4.79 Å². The molecule has 0 aliphatic carbocycles. The number of benzene rings is 1. The number of carbonyl (C=O) groups is 1. The molecular formula is C19H25Cl2IN4O3. The molecular weight excluding hydrogens is 530 g/mol. The molecule has 3 N–H and O–H groups in total. The molecule has 0 aliphatic rings. The largest absolute Gasteiger partial charge is 0.467 e. The van der Waals surface area contributed by atoms with Crippen molar-refractivity contribution < 1.29 is 13.9 Å². The second-order valence-corrected chi connectivity index (χ2v) is 6.61. The summed E-state index contributed by atoms with van der Waals surface area (Å²) in [6.45, 7) is 2.77. The van der Waals surface area contributed by atoms with Gasteiger partial charge in [0.2, 0.25) is 0 Å². The third-order valence-electron chi connectivity index (χ3n) is 3.69. The summed E-state index contributed by atoms with van der Waals surface area (Å²) < 4.78 is 10.7. The number of aliphatic imine (C=N–C) groups is 1. The molecule has 0 radical (unpaired) electrons. The van der Waals surface area contributed by atoms with Crippen molar-refractivity contribution in [3.63, 3.8) is 0 Å². The smallest absolute Gasteiger partial charge is 0.251 e. The van der Waals surface area contributed by atoms with Crippen molar-refractivity contribution in [2.45, 2.75) is 13.0 Å². The monoisotopic (exact) mass is 554 g/mol. The van der Waals surface area contributed by atoms with E-state index in [0.717, 1.165) is 12.2 Å². The molecule has 0 saturated carbocycles. The maximum absolute atomic E-state index is 12.1. The fourth-order valence-electron chi connectivity index (χ4n) is 2.27. The van der Waals surface area contributed by atoms with Crippen LogP contribution in [0, 0.1) is 0 Å². The molecule has 160 valence electrons. The van der Waals surface area contributed by atoms with Gasteiger partial charge in [-0.25, -0.2) is 0 Å². The van der Waals surface area contributed by atoms with Gasteiger partial charge in [-0.15, -0.1) is 24.0 Å². The summed E-state index contributed by atoms with van der Waals surface area (Å²) in [6.07, 6.45) is 2.46. The standard InChI is InChI=1S/C19H24Cl2N4O3.HI/c1-22-19(24-7-3-10-27-13-15-4-2-11-28-15)25-9-8-23-18(26)14-5-6-16(20)17(21)12-14;/h2,4-6,11-12H,3,7-10,13H2,1H3,(H,23,26)(H2,22,24,25);1H. The number of hydrogen-bond donors (Lipinski definition) is 3. The highest BCUT2D eigenvalue weighted by atomic mass is 127. The van der Waals surface area contributed by atoms with Gasteiger partial charge >= 0.3 is 0 Å². The van der Waals surface area contributed by atoms with E-state index < -0.39 is 0 Å². The molecule has 0 bridgehead atoms. The van der Waals surface area contributed by atoms with Crippen molar-refractivity contribution in [1.82, 2.24) is 16.0 Å². The molecule has 1 amide bonds. The average molecular weight is 555 g/mol. The van der Waals surface area contributed by atoms with E-state index in [1.807, 2.05) is 12.1 Å². The van der Waals surface area contributed by atoms with Crippen LogP contribution >= 0.6 is 47.2 Å². The number of furan rings is 1. The summed E-state index contributed by atoms with van der Waals surface area (Å²) in [5, 5.41) is 9.90. The average Bonchev–Trinajstić information content (AvgIpc) is 3.21. The molecule has 1 aromatic carbocycles. The predicted molar refractivity (Wildman–Crippen MR) is 127 cm³/mol. The lowest BCUT2D eigenvalue weighted by Gasteiger charge is -2.12. The molecule has 1 aromatic heterocycles. The van der Waals surface area contributed by atoms with Gasteiger partial charge in [-0.3, -0.25) is 9.79 Å². The zero-order valence-electron chi connectivity index (χ0n) is 16.0. The second-order valence-electron chi connectivity index (χ2n) is 5.80. The maximum Gasteiger partial charge on any atom is 0.251 e. The molecule has 29 heavy (non-hydrogen) atoms. The molecule has 10 heteroatoms. The van der Waals surface area contributed by atoms with Crippen molar-refractivity contribution in [3.05, 3.63) is 58.0 Å². The number of hydrogen-bond acceptors (Lipinski definition) is 4. The Morgan fingerprint density at radius 2 is 1.86 bits per heavy atom. The zero-order chi connectivity index (χ0) is 20.2. The van der Waals surface area contributed by atoms with Crippen LogP contribution in [0.2, 0.25) is 10.0 Å². The quantitative estimate of drug-likeness (QED) is 0.180. The van der Waals surface area contributed by atoms with Gasteiger partial charge in [0, 0.05) is 38.9 Å². The summed E-state index contributed by atoms with van der Waals surface area (Å²) >= 11 is 11.8. The number of halogens is 3. The highest BCUT2D eigenvalue weighted by Gasteiger charge is 2.07. The molecule has 0 aliphatic heterocycles. The van der Waals surface area contributed by atoms with Crippen LogP contribution in [-0.2, 0) is 11.3 Å². The van der Waals surface area contributed by atoms with Crippen LogP contribution in [0.15, 0.2) is 46.0 Å². The van der Waals surface area contributed by atoms with E-state index in [-0.39, 0.29) is 29.9 Å². The van der Waals surface area contributed by atoms with Crippen LogP contribution in [0.1, 0.15) is 22.5 Å². The van der Waals surface area contributed by atoms with E-state index in [1.165, 1.54) is 0 Å². The summed E-state index contributed by atoms with van der Waals surface area (Å²) in [5.74, 6) is 1.26. The Bertz CT molecular complexity index is 773. The lowest BCUT2D eigenvalue weighted by Crippen LogP contribution is -2.42. The Labute approximate surface area is 197 Å². The van der Waals surface area contributed by atoms with Crippen molar-refractivity contribution in [1.29, 1.82) is 0 Å². The predicted octanol–water partition coefficient (Wildman–Crippen LogP) is 3.71. The summed E-state index contributed by atoms with van der Waals surface area (Å²) in [4.78, 5) is 16.2. The van der Waals surface area contributed by atoms with Gasteiger partial charge in [-0.1, -0.05) is 23.2 Å². The van der Waals surface area contributed by atoms with Gasteiger partial charge in [-0.2, -0.15) is 0 Å².